The Morgan fingerprint density at radius 3 is 2.63 bits per heavy atom. The van der Waals surface area contributed by atoms with Gasteiger partial charge in [-0.05, 0) is 45.2 Å². The van der Waals surface area contributed by atoms with Gasteiger partial charge in [-0.3, -0.25) is 9.69 Å². The summed E-state index contributed by atoms with van der Waals surface area (Å²) in [4.78, 5) is 16.8. The Morgan fingerprint density at radius 2 is 2.05 bits per heavy atom. The van der Waals surface area contributed by atoms with Crippen LogP contribution in [0.25, 0.3) is 0 Å². The van der Waals surface area contributed by atoms with Crippen molar-refractivity contribution in [2.45, 2.75) is 45.1 Å². The van der Waals surface area contributed by atoms with Crippen LogP contribution in [-0.2, 0) is 4.79 Å². The maximum atomic E-state index is 12.3. The normalized spacial score (nSPS) is 23.5. The van der Waals surface area contributed by atoms with Crippen LogP contribution in [0.2, 0.25) is 0 Å². The zero-order valence-electron chi connectivity index (χ0n) is 12.1. The summed E-state index contributed by atoms with van der Waals surface area (Å²) in [6.07, 6.45) is 5.97. The Hall–Kier alpha value is -0.320. The summed E-state index contributed by atoms with van der Waals surface area (Å²) in [5, 5.41) is 3.40. The van der Waals surface area contributed by atoms with Crippen molar-refractivity contribution in [3.05, 3.63) is 0 Å². The van der Waals surface area contributed by atoms with Crippen LogP contribution in [0.3, 0.4) is 0 Å². The summed E-state index contributed by atoms with van der Waals surface area (Å²) >= 11 is 0. The van der Waals surface area contributed by atoms with Gasteiger partial charge in [0.15, 0.2) is 0 Å². The Labute approximate surface area is 123 Å². The second-order valence-corrected chi connectivity index (χ2v) is 5.56. The fourth-order valence-corrected chi connectivity index (χ4v) is 3.05. The molecule has 0 bridgehead atoms. The maximum Gasteiger partial charge on any atom is 0.236 e. The minimum Gasteiger partial charge on any atom is -0.342 e. The molecule has 0 aromatic carbocycles. The minimum absolute atomic E-state index is 0. The van der Waals surface area contributed by atoms with Gasteiger partial charge < -0.3 is 10.2 Å². The molecule has 19 heavy (non-hydrogen) atoms. The van der Waals surface area contributed by atoms with E-state index in [2.05, 4.69) is 22.0 Å². The summed E-state index contributed by atoms with van der Waals surface area (Å²) in [6, 6.07) is 0.568. The molecule has 2 aliphatic rings. The maximum absolute atomic E-state index is 12.3. The van der Waals surface area contributed by atoms with Crippen molar-refractivity contribution in [2.24, 2.45) is 0 Å². The molecule has 0 aromatic heterocycles. The smallest absolute Gasteiger partial charge is 0.236 e. The van der Waals surface area contributed by atoms with Crippen molar-refractivity contribution >= 4 is 18.3 Å². The fourth-order valence-electron chi connectivity index (χ4n) is 3.05. The average Bonchev–Trinajstić information content (AvgIpc) is 2.93. The molecule has 1 atom stereocenters. The molecule has 1 unspecified atom stereocenters. The molecule has 0 aromatic rings. The Morgan fingerprint density at radius 1 is 1.32 bits per heavy atom. The van der Waals surface area contributed by atoms with Gasteiger partial charge >= 0.3 is 0 Å². The lowest BCUT2D eigenvalue weighted by atomic mass is 10.1. The molecule has 2 aliphatic heterocycles. The number of hydrogen-bond donors (Lipinski definition) is 1. The third-order valence-corrected chi connectivity index (χ3v) is 4.11. The molecular weight excluding hydrogens is 262 g/mol. The number of rotatable bonds is 5. The van der Waals surface area contributed by atoms with Crippen molar-refractivity contribution in [3.63, 3.8) is 0 Å². The van der Waals surface area contributed by atoms with E-state index in [4.69, 9.17) is 0 Å². The van der Waals surface area contributed by atoms with Crippen LogP contribution in [-0.4, -0.2) is 61.0 Å². The number of halogens is 1. The third-order valence-electron chi connectivity index (χ3n) is 4.11. The van der Waals surface area contributed by atoms with E-state index in [0.29, 0.717) is 18.5 Å². The minimum atomic E-state index is 0. The standard InChI is InChI=1S/C14H27N3O.ClH/c1-2-8-17(13-6-7-15-11-13)12-14(18)16-9-4-3-5-10-16;/h13,15H,2-12H2,1H3;1H. The predicted octanol–water partition coefficient (Wildman–Crippen LogP) is 1.49. The van der Waals surface area contributed by atoms with Crippen molar-refractivity contribution in [2.75, 3.05) is 39.3 Å². The lowest BCUT2D eigenvalue weighted by Crippen LogP contribution is -2.47. The molecule has 2 saturated heterocycles. The second-order valence-electron chi connectivity index (χ2n) is 5.56. The molecule has 0 saturated carbocycles. The molecule has 5 heteroatoms. The molecule has 2 heterocycles. The summed E-state index contributed by atoms with van der Waals surface area (Å²) in [5.74, 6) is 0.343. The monoisotopic (exact) mass is 289 g/mol. The molecule has 2 fully saturated rings. The van der Waals surface area contributed by atoms with Gasteiger partial charge in [0.05, 0.1) is 6.54 Å². The molecule has 0 spiro atoms. The second kappa shape index (κ2) is 8.77. The average molecular weight is 290 g/mol. The SMILES string of the molecule is CCCN(CC(=O)N1CCCCC1)C1CCNC1.Cl. The summed E-state index contributed by atoms with van der Waals surface area (Å²) in [6.45, 7) is 7.96. The lowest BCUT2D eigenvalue weighted by Gasteiger charge is -2.32. The number of carbonyl (C=O) groups is 1. The number of piperidine rings is 1. The Kier molecular flexibility index (Phi) is 7.73. The Balaban J connectivity index is 0.00000180. The van der Waals surface area contributed by atoms with E-state index in [9.17, 15) is 4.79 Å². The molecule has 1 amide bonds. The molecule has 4 nitrogen and oxygen atoms in total. The van der Waals surface area contributed by atoms with E-state index in [1.807, 2.05) is 0 Å². The van der Waals surface area contributed by atoms with Crippen LogP contribution in [0.15, 0.2) is 0 Å². The summed E-state index contributed by atoms with van der Waals surface area (Å²) in [5.41, 5.74) is 0. The number of amides is 1. The van der Waals surface area contributed by atoms with Crippen molar-refractivity contribution in [1.82, 2.24) is 15.1 Å². The number of carbonyl (C=O) groups excluding carboxylic acids is 1. The lowest BCUT2D eigenvalue weighted by molar-refractivity contribution is -0.133. The summed E-state index contributed by atoms with van der Waals surface area (Å²) < 4.78 is 0. The number of likely N-dealkylation sites (tertiary alicyclic amines) is 1. The highest BCUT2D eigenvalue weighted by Crippen LogP contribution is 2.12. The van der Waals surface area contributed by atoms with E-state index in [0.717, 1.165) is 39.1 Å². The summed E-state index contributed by atoms with van der Waals surface area (Å²) in [7, 11) is 0. The van der Waals surface area contributed by atoms with Crippen LogP contribution < -0.4 is 5.32 Å². The molecule has 1 N–H and O–H groups in total. The highest BCUT2D eigenvalue weighted by atomic mass is 35.5. The third kappa shape index (κ3) is 4.93. The van der Waals surface area contributed by atoms with Crippen LogP contribution in [0.5, 0.6) is 0 Å². The van der Waals surface area contributed by atoms with Crippen molar-refractivity contribution < 1.29 is 4.79 Å². The van der Waals surface area contributed by atoms with E-state index in [-0.39, 0.29) is 12.4 Å². The number of hydrogen-bond acceptors (Lipinski definition) is 3. The first-order chi connectivity index (χ1) is 8.81. The van der Waals surface area contributed by atoms with E-state index in [1.165, 1.54) is 25.7 Å². The zero-order valence-corrected chi connectivity index (χ0v) is 12.9. The molecule has 2 rings (SSSR count). The highest BCUT2D eigenvalue weighted by Gasteiger charge is 2.25. The van der Waals surface area contributed by atoms with Gasteiger partial charge in [0.25, 0.3) is 0 Å². The van der Waals surface area contributed by atoms with E-state index in [1.54, 1.807) is 0 Å². The van der Waals surface area contributed by atoms with E-state index >= 15 is 0 Å². The van der Waals surface area contributed by atoms with E-state index < -0.39 is 0 Å². The van der Waals surface area contributed by atoms with Gasteiger partial charge in [-0.1, -0.05) is 6.92 Å². The van der Waals surface area contributed by atoms with Gasteiger partial charge in [-0.2, -0.15) is 0 Å². The highest BCUT2D eigenvalue weighted by molar-refractivity contribution is 5.85. The largest absolute Gasteiger partial charge is 0.342 e. The first kappa shape index (κ1) is 16.7. The van der Waals surface area contributed by atoms with Crippen LogP contribution in [0.4, 0.5) is 0 Å². The molecule has 0 radical (unpaired) electrons. The van der Waals surface area contributed by atoms with Crippen LogP contribution in [0.1, 0.15) is 39.0 Å². The van der Waals surface area contributed by atoms with Gasteiger partial charge in [0.2, 0.25) is 5.91 Å². The molecule has 112 valence electrons. The van der Waals surface area contributed by atoms with Crippen molar-refractivity contribution in [1.29, 1.82) is 0 Å². The molecule has 0 aliphatic carbocycles. The first-order valence-corrected chi connectivity index (χ1v) is 7.54. The van der Waals surface area contributed by atoms with Crippen molar-refractivity contribution in [3.8, 4) is 0 Å². The number of nitrogens with one attached hydrogen (secondary N) is 1. The molecular formula is C14H28ClN3O. The van der Waals surface area contributed by atoms with Gasteiger partial charge in [0.1, 0.15) is 0 Å². The topological polar surface area (TPSA) is 35.6 Å². The Bertz CT molecular complexity index is 263. The van der Waals surface area contributed by atoms with Crippen LogP contribution >= 0.6 is 12.4 Å². The zero-order chi connectivity index (χ0) is 12.8. The number of nitrogens with zero attached hydrogens (tertiary/aromatic N) is 2. The quantitative estimate of drug-likeness (QED) is 0.833. The van der Waals surface area contributed by atoms with Gasteiger partial charge in [0, 0.05) is 25.7 Å². The van der Waals surface area contributed by atoms with Gasteiger partial charge in [-0.25, -0.2) is 0 Å². The first-order valence-electron chi connectivity index (χ1n) is 7.54. The van der Waals surface area contributed by atoms with Gasteiger partial charge in [-0.15, -0.1) is 12.4 Å². The van der Waals surface area contributed by atoms with Crippen LogP contribution in [0, 0.1) is 0 Å². The predicted molar refractivity (Wildman–Crippen MR) is 80.8 cm³/mol. The fraction of sp³-hybridized carbons (Fsp3) is 0.929.